The highest BCUT2D eigenvalue weighted by Crippen LogP contribution is 2.15. The van der Waals surface area contributed by atoms with E-state index in [1.807, 2.05) is 37.2 Å². The van der Waals surface area contributed by atoms with Gasteiger partial charge in [0.15, 0.2) is 5.69 Å². The van der Waals surface area contributed by atoms with Gasteiger partial charge in [-0.3, -0.25) is 4.79 Å². The smallest absolute Gasteiger partial charge is 0.359 e. The predicted molar refractivity (Wildman–Crippen MR) is 89.6 cm³/mol. The Morgan fingerprint density at radius 2 is 1.96 bits per heavy atom. The molecule has 0 atom stereocenters. The van der Waals surface area contributed by atoms with Gasteiger partial charge >= 0.3 is 5.97 Å². The van der Waals surface area contributed by atoms with Gasteiger partial charge in [-0.15, -0.1) is 0 Å². The van der Waals surface area contributed by atoms with Crippen LogP contribution in [-0.4, -0.2) is 36.5 Å². The van der Waals surface area contributed by atoms with Crippen molar-refractivity contribution < 1.29 is 9.53 Å². The monoisotopic (exact) mass is 326 g/mol. The number of benzene rings is 1. The fourth-order valence-corrected chi connectivity index (χ4v) is 2.20. The van der Waals surface area contributed by atoms with Gasteiger partial charge in [0.25, 0.3) is 5.56 Å². The van der Waals surface area contributed by atoms with Crippen LogP contribution in [-0.2, 0) is 4.74 Å². The highest BCUT2D eigenvalue weighted by molar-refractivity contribution is 5.89. The molecule has 0 aliphatic rings. The molecule has 1 aromatic carbocycles. The molecule has 2 rings (SSSR count). The quantitative estimate of drug-likeness (QED) is 0.794. The van der Waals surface area contributed by atoms with Gasteiger partial charge in [-0.1, -0.05) is 0 Å². The Morgan fingerprint density at radius 1 is 1.33 bits per heavy atom. The van der Waals surface area contributed by atoms with E-state index in [4.69, 9.17) is 4.74 Å². The van der Waals surface area contributed by atoms with Gasteiger partial charge < -0.3 is 9.64 Å². The van der Waals surface area contributed by atoms with Crippen molar-refractivity contribution in [3.63, 3.8) is 0 Å². The molecule has 0 spiro atoms. The van der Waals surface area contributed by atoms with Crippen molar-refractivity contribution in [2.24, 2.45) is 0 Å². The summed E-state index contributed by atoms with van der Waals surface area (Å²) < 4.78 is 6.01. The summed E-state index contributed by atoms with van der Waals surface area (Å²) in [4.78, 5) is 26.5. The second kappa shape index (κ2) is 6.96. The van der Waals surface area contributed by atoms with Crippen LogP contribution in [0, 0.1) is 18.3 Å². The maximum absolute atomic E-state index is 12.5. The third-order valence-electron chi connectivity index (χ3n) is 3.53. The SMILES string of the molecule is CCOC(=O)c1nn(-c2ccc(N(C)C)cc2)c(=O)c(C#N)c1C. The van der Waals surface area contributed by atoms with Gasteiger partial charge in [0.1, 0.15) is 11.6 Å². The molecule has 1 heterocycles. The molecular formula is C17H18N4O3. The Labute approximate surface area is 139 Å². The Hall–Kier alpha value is -3.14. The number of aromatic nitrogens is 2. The molecule has 0 saturated carbocycles. The van der Waals surface area contributed by atoms with Crippen LogP contribution < -0.4 is 10.5 Å². The molecule has 24 heavy (non-hydrogen) atoms. The maximum Gasteiger partial charge on any atom is 0.359 e. The Bertz CT molecular complexity index is 861. The molecule has 0 saturated heterocycles. The van der Waals surface area contributed by atoms with Crippen molar-refractivity contribution in [3.05, 3.63) is 51.4 Å². The van der Waals surface area contributed by atoms with E-state index in [-0.39, 0.29) is 23.4 Å². The zero-order valence-corrected chi connectivity index (χ0v) is 14.0. The van der Waals surface area contributed by atoms with Crippen LogP contribution in [0.2, 0.25) is 0 Å². The van der Waals surface area contributed by atoms with Crippen molar-refractivity contribution in [1.82, 2.24) is 9.78 Å². The molecule has 0 bridgehead atoms. The number of hydrogen-bond acceptors (Lipinski definition) is 6. The van der Waals surface area contributed by atoms with Gasteiger partial charge in [-0.2, -0.15) is 15.0 Å². The zero-order valence-electron chi connectivity index (χ0n) is 14.0. The zero-order chi connectivity index (χ0) is 17.9. The summed E-state index contributed by atoms with van der Waals surface area (Å²) in [6.07, 6.45) is 0. The van der Waals surface area contributed by atoms with Crippen LogP contribution >= 0.6 is 0 Å². The first-order chi connectivity index (χ1) is 11.4. The summed E-state index contributed by atoms with van der Waals surface area (Å²) in [5.41, 5.74) is 0.912. The van der Waals surface area contributed by atoms with E-state index < -0.39 is 11.5 Å². The van der Waals surface area contributed by atoms with E-state index in [0.717, 1.165) is 10.4 Å². The first kappa shape index (κ1) is 17.2. The standard InChI is InChI=1S/C17H18N4O3/c1-5-24-17(23)15-11(2)14(10-18)16(22)21(19-15)13-8-6-12(7-9-13)20(3)4/h6-9H,5H2,1-4H3. The van der Waals surface area contributed by atoms with Gasteiger partial charge in [0, 0.05) is 25.3 Å². The molecule has 0 radical (unpaired) electrons. The minimum absolute atomic E-state index is 0.0373. The molecule has 0 aliphatic heterocycles. The fraction of sp³-hybridized carbons (Fsp3) is 0.294. The van der Waals surface area contributed by atoms with Gasteiger partial charge in [0.05, 0.1) is 12.3 Å². The molecular weight excluding hydrogens is 308 g/mol. The molecule has 2 aromatic rings. The van der Waals surface area contributed by atoms with Crippen molar-refractivity contribution in [2.75, 3.05) is 25.6 Å². The van der Waals surface area contributed by atoms with E-state index in [1.54, 1.807) is 19.1 Å². The molecule has 7 nitrogen and oxygen atoms in total. The molecule has 0 N–H and O–H groups in total. The number of carbonyl (C=O) groups excluding carboxylic acids is 1. The third kappa shape index (κ3) is 3.13. The molecule has 0 aliphatic carbocycles. The number of anilines is 1. The summed E-state index contributed by atoms with van der Waals surface area (Å²) in [5.74, 6) is -0.662. The third-order valence-corrected chi connectivity index (χ3v) is 3.53. The van der Waals surface area contributed by atoms with Crippen LogP contribution in [0.4, 0.5) is 5.69 Å². The maximum atomic E-state index is 12.5. The average molecular weight is 326 g/mol. The van der Waals surface area contributed by atoms with Crippen molar-refractivity contribution in [2.45, 2.75) is 13.8 Å². The van der Waals surface area contributed by atoms with Crippen molar-refractivity contribution in [3.8, 4) is 11.8 Å². The average Bonchev–Trinajstić information content (AvgIpc) is 2.56. The van der Waals surface area contributed by atoms with Gasteiger partial charge in [-0.25, -0.2) is 4.79 Å². The highest BCUT2D eigenvalue weighted by atomic mass is 16.5. The molecule has 124 valence electrons. The number of carbonyl (C=O) groups is 1. The topological polar surface area (TPSA) is 88.2 Å². The number of esters is 1. The number of hydrogen-bond donors (Lipinski definition) is 0. The van der Waals surface area contributed by atoms with Crippen LogP contribution in [0.1, 0.15) is 28.5 Å². The Balaban J connectivity index is 2.65. The molecule has 0 unspecified atom stereocenters. The second-order valence-corrected chi connectivity index (χ2v) is 5.31. The first-order valence-corrected chi connectivity index (χ1v) is 7.39. The number of ether oxygens (including phenoxy) is 1. The van der Waals surface area contributed by atoms with Crippen LogP contribution in [0.3, 0.4) is 0 Å². The summed E-state index contributed by atoms with van der Waals surface area (Å²) in [5, 5.41) is 13.4. The fourth-order valence-electron chi connectivity index (χ4n) is 2.20. The van der Waals surface area contributed by atoms with E-state index in [9.17, 15) is 14.9 Å². The highest BCUT2D eigenvalue weighted by Gasteiger charge is 2.21. The van der Waals surface area contributed by atoms with E-state index in [0.29, 0.717) is 5.69 Å². The first-order valence-electron chi connectivity index (χ1n) is 7.39. The van der Waals surface area contributed by atoms with Gasteiger partial charge in [0.2, 0.25) is 0 Å². The van der Waals surface area contributed by atoms with E-state index in [1.165, 1.54) is 6.92 Å². The largest absolute Gasteiger partial charge is 0.461 e. The second-order valence-electron chi connectivity index (χ2n) is 5.31. The van der Waals surface area contributed by atoms with Crippen LogP contribution in [0.25, 0.3) is 5.69 Å². The lowest BCUT2D eigenvalue weighted by molar-refractivity contribution is 0.0516. The van der Waals surface area contributed by atoms with E-state index in [2.05, 4.69) is 5.10 Å². The Kier molecular flexibility index (Phi) is 4.99. The van der Waals surface area contributed by atoms with Crippen molar-refractivity contribution in [1.29, 1.82) is 5.26 Å². The minimum atomic E-state index is -0.662. The predicted octanol–water partition coefficient (Wildman–Crippen LogP) is 1.66. The molecule has 7 heteroatoms. The number of rotatable bonds is 4. The van der Waals surface area contributed by atoms with Crippen molar-refractivity contribution >= 4 is 11.7 Å². The minimum Gasteiger partial charge on any atom is -0.461 e. The van der Waals surface area contributed by atoms with Crippen LogP contribution in [0.15, 0.2) is 29.1 Å². The number of nitriles is 1. The summed E-state index contributed by atoms with van der Waals surface area (Å²) in [6, 6.07) is 8.90. The lowest BCUT2D eigenvalue weighted by Gasteiger charge is -2.14. The molecule has 0 amide bonds. The molecule has 0 fully saturated rings. The van der Waals surface area contributed by atoms with Gasteiger partial charge in [-0.05, 0) is 38.1 Å². The summed E-state index contributed by atoms with van der Waals surface area (Å²) >= 11 is 0. The number of nitrogens with zero attached hydrogens (tertiary/aromatic N) is 4. The Morgan fingerprint density at radius 3 is 2.46 bits per heavy atom. The molecule has 1 aromatic heterocycles. The van der Waals surface area contributed by atoms with Crippen LogP contribution in [0.5, 0.6) is 0 Å². The summed E-state index contributed by atoms with van der Waals surface area (Å²) in [7, 11) is 3.80. The normalized spacial score (nSPS) is 10.1. The lowest BCUT2D eigenvalue weighted by Crippen LogP contribution is -2.28. The van der Waals surface area contributed by atoms with E-state index >= 15 is 0 Å². The summed E-state index contributed by atoms with van der Waals surface area (Å²) in [6.45, 7) is 3.37. The lowest BCUT2D eigenvalue weighted by atomic mass is 10.1.